The van der Waals surface area contributed by atoms with Crippen molar-refractivity contribution in [3.63, 3.8) is 0 Å². The first-order valence-electron chi connectivity index (χ1n) is 6.12. The molecule has 0 fully saturated rings. The Labute approximate surface area is 106 Å². The lowest BCUT2D eigenvalue weighted by atomic mass is 10.1. The Morgan fingerprint density at radius 2 is 1.94 bits per heavy atom. The highest BCUT2D eigenvalue weighted by Crippen LogP contribution is 2.13. The summed E-state index contributed by atoms with van der Waals surface area (Å²) in [6, 6.07) is 5.99. The van der Waals surface area contributed by atoms with Crippen LogP contribution in [0.15, 0.2) is 23.0 Å². The van der Waals surface area contributed by atoms with Gasteiger partial charge in [0, 0.05) is 11.3 Å². The Kier molecular flexibility index (Phi) is 3.39. The predicted octanol–water partition coefficient (Wildman–Crippen LogP) is 1.59. The van der Waals surface area contributed by atoms with E-state index in [2.05, 4.69) is 12.0 Å². The van der Waals surface area contributed by atoms with Crippen molar-refractivity contribution in [3.8, 4) is 5.69 Å². The van der Waals surface area contributed by atoms with E-state index in [1.165, 1.54) is 11.1 Å². The molecule has 0 unspecified atom stereocenters. The molecule has 0 aliphatic carbocycles. The second kappa shape index (κ2) is 4.82. The molecule has 18 heavy (non-hydrogen) atoms. The van der Waals surface area contributed by atoms with Gasteiger partial charge in [-0.25, -0.2) is 4.68 Å². The van der Waals surface area contributed by atoms with Gasteiger partial charge in [0.15, 0.2) is 0 Å². The average molecular weight is 245 g/mol. The fourth-order valence-electron chi connectivity index (χ4n) is 2.07. The van der Waals surface area contributed by atoms with Crippen LogP contribution in [0.5, 0.6) is 0 Å². The van der Waals surface area contributed by atoms with E-state index in [0.29, 0.717) is 13.0 Å². The highest BCUT2D eigenvalue weighted by Gasteiger charge is 2.11. The van der Waals surface area contributed by atoms with Gasteiger partial charge in [-0.1, -0.05) is 6.07 Å². The third kappa shape index (κ3) is 2.11. The summed E-state index contributed by atoms with van der Waals surface area (Å²) in [6.45, 7) is 6.49. The number of aromatic nitrogens is 2. The lowest BCUT2D eigenvalue weighted by molar-refractivity contribution is 0.832. The van der Waals surface area contributed by atoms with E-state index >= 15 is 0 Å². The van der Waals surface area contributed by atoms with Crippen LogP contribution < -0.4 is 11.3 Å². The average Bonchev–Trinajstić information content (AvgIpc) is 2.61. The summed E-state index contributed by atoms with van der Waals surface area (Å²) in [5, 5.41) is 3.11. The maximum Gasteiger partial charge on any atom is 0.274 e. The molecule has 0 saturated heterocycles. The molecule has 1 aromatic heterocycles. The number of H-pyrrole nitrogens is 1. The van der Waals surface area contributed by atoms with E-state index in [1.54, 1.807) is 4.68 Å². The monoisotopic (exact) mass is 245 g/mol. The number of nitrogens with one attached hydrogen (secondary N) is 1. The molecule has 2 rings (SSSR count). The van der Waals surface area contributed by atoms with Gasteiger partial charge >= 0.3 is 0 Å². The van der Waals surface area contributed by atoms with E-state index in [-0.39, 0.29) is 5.56 Å². The number of hydrogen-bond acceptors (Lipinski definition) is 2. The molecule has 1 aromatic carbocycles. The van der Waals surface area contributed by atoms with Gasteiger partial charge < -0.3 is 5.73 Å². The van der Waals surface area contributed by atoms with Gasteiger partial charge in [0.1, 0.15) is 0 Å². The molecule has 0 aliphatic rings. The summed E-state index contributed by atoms with van der Waals surface area (Å²) in [7, 11) is 0. The molecule has 0 bridgehead atoms. The van der Waals surface area contributed by atoms with E-state index in [1.807, 2.05) is 32.0 Å². The van der Waals surface area contributed by atoms with Crippen LogP contribution in [0, 0.1) is 20.8 Å². The SMILES string of the molecule is Cc1ccc(-n2[nH]c(C)c(CCN)c2=O)cc1C. The molecular formula is C14H19N3O. The molecule has 4 heteroatoms. The standard InChI is InChI=1S/C14H19N3O/c1-9-4-5-12(8-10(9)2)17-14(18)13(6-7-15)11(3)16-17/h4-5,8,16H,6-7,15H2,1-3H3. The summed E-state index contributed by atoms with van der Waals surface area (Å²) in [6.07, 6.45) is 0.610. The zero-order valence-electron chi connectivity index (χ0n) is 11.1. The molecule has 3 N–H and O–H groups in total. The molecule has 0 radical (unpaired) electrons. The van der Waals surface area contributed by atoms with Crippen LogP contribution in [0.2, 0.25) is 0 Å². The topological polar surface area (TPSA) is 63.8 Å². The van der Waals surface area contributed by atoms with E-state index in [0.717, 1.165) is 16.9 Å². The third-order valence-electron chi connectivity index (χ3n) is 3.34. The minimum Gasteiger partial charge on any atom is -0.330 e. The van der Waals surface area contributed by atoms with Crippen LogP contribution in [0.25, 0.3) is 5.69 Å². The maximum atomic E-state index is 12.3. The molecule has 0 aliphatic heterocycles. The van der Waals surface area contributed by atoms with E-state index < -0.39 is 0 Å². The summed E-state index contributed by atoms with van der Waals surface area (Å²) >= 11 is 0. The second-order valence-corrected chi connectivity index (χ2v) is 4.66. The minimum atomic E-state index is 0.00111. The van der Waals surface area contributed by atoms with Crippen molar-refractivity contribution in [1.29, 1.82) is 0 Å². The van der Waals surface area contributed by atoms with Crippen molar-refractivity contribution >= 4 is 0 Å². The molecule has 4 nitrogen and oxygen atoms in total. The van der Waals surface area contributed by atoms with Gasteiger partial charge in [0.05, 0.1) is 5.69 Å². The number of hydrogen-bond donors (Lipinski definition) is 2. The molecule has 0 saturated carbocycles. The first-order chi connectivity index (χ1) is 8.54. The normalized spacial score (nSPS) is 10.9. The summed E-state index contributed by atoms with van der Waals surface area (Å²) in [5.41, 5.74) is 10.5. The third-order valence-corrected chi connectivity index (χ3v) is 3.34. The highest BCUT2D eigenvalue weighted by molar-refractivity contribution is 5.40. The maximum absolute atomic E-state index is 12.3. The van der Waals surface area contributed by atoms with Crippen molar-refractivity contribution in [2.75, 3.05) is 6.54 Å². The van der Waals surface area contributed by atoms with Crippen molar-refractivity contribution in [3.05, 3.63) is 50.9 Å². The van der Waals surface area contributed by atoms with Gasteiger partial charge in [-0.2, -0.15) is 0 Å². The predicted molar refractivity (Wildman–Crippen MR) is 73.4 cm³/mol. The molecule has 0 atom stereocenters. The van der Waals surface area contributed by atoms with E-state index in [4.69, 9.17) is 5.73 Å². The molecule has 2 aromatic rings. The minimum absolute atomic E-state index is 0.00111. The number of rotatable bonds is 3. The smallest absolute Gasteiger partial charge is 0.274 e. The lowest BCUT2D eigenvalue weighted by Crippen LogP contribution is -2.19. The number of aromatic amines is 1. The largest absolute Gasteiger partial charge is 0.330 e. The Morgan fingerprint density at radius 1 is 1.22 bits per heavy atom. The number of nitrogens with two attached hydrogens (primary N) is 1. The number of nitrogens with zero attached hydrogens (tertiary/aromatic N) is 1. The highest BCUT2D eigenvalue weighted by atomic mass is 16.1. The van der Waals surface area contributed by atoms with Crippen LogP contribution >= 0.6 is 0 Å². The fraction of sp³-hybridized carbons (Fsp3) is 0.357. The van der Waals surface area contributed by atoms with E-state index in [9.17, 15) is 4.79 Å². The van der Waals surface area contributed by atoms with Crippen molar-refractivity contribution < 1.29 is 0 Å². The second-order valence-electron chi connectivity index (χ2n) is 4.66. The van der Waals surface area contributed by atoms with Gasteiger partial charge in [-0.15, -0.1) is 0 Å². The molecule has 0 spiro atoms. The first-order valence-corrected chi connectivity index (χ1v) is 6.12. The number of benzene rings is 1. The summed E-state index contributed by atoms with van der Waals surface area (Å²) < 4.78 is 1.59. The molecular weight excluding hydrogens is 226 g/mol. The Morgan fingerprint density at radius 3 is 2.56 bits per heavy atom. The lowest BCUT2D eigenvalue weighted by Gasteiger charge is -2.05. The van der Waals surface area contributed by atoms with Crippen molar-refractivity contribution in [1.82, 2.24) is 9.78 Å². The van der Waals surface area contributed by atoms with Crippen molar-refractivity contribution in [2.24, 2.45) is 5.73 Å². The molecule has 1 heterocycles. The Hall–Kier alpha value is -1.81. The number of aryl methyl sites for hydroxylation is 3. The van der Waals surface area contributed by atoms with Crippen LogP contribution in [0.1, 0.15) is 22.4 Å². The van der Waals surface area contributed by atoms with Crippen molar-refractivity contribution in [2.45, 2.75) is 27.2 Å². The van der Waals surface area contributed by atoms with Gasteiger partial charge in [0.25, 0.3) is 5.56 Å². The summed E-state index contributed by atoms with van der Waals surface area (Å²) in [5.74, 6) is 0. The zero-order chi connectivity index (χ0) is 13.3. The fourth-order valence-corrected chi connectivity index (χ4v) is 2.07. The zero-order valence-corrected chi connectivity index (χ0v) is 11.1. The summed E-state index contributed by atoms with van der Waals surface area (Å²) in [4.78, 5) is 12.3. The quantitative estimate of drug-likeness (QED) is 0.862. The Balaban J connectivity index is 2.54. The van der Waals surface area contributed by atoms with Gasteiger partial charge in [-0.05, 0) is 57.0 Å². The van der Waals surface area contributed by atoms with Gasteiger partial charge in [0.2, 0.25) is 0 Å². The van der Waals surface area contributed by atoms with Crippen LogP contribution in [-0.2, 0) is 6.42 Å². The Bertz CT molecular complexity index is 622. The first kappa shape index (κ1) is 12.6. The van der Waals surface area contributed by atoms with Crippen LogP contribution in [-0.4, -0.2) is 16.3 Å². The van der Waals surface area contributed by atoms with Crippen LogP contribution in [0.4, 0.5) is 0 Å². The molecule has 96 valence electrons. The molecule has 0 amide bonds. The van der Waals surface area contributed by atoms with Crippen LogP contribution in [0.3, 0.4) is 0 Å². The van der Waals surface area contributed by atoms with Gasteiger partial charge in [-0.3, -0.25) is 9.89 Å².